The first kappa shape index (κ1) is 17.8. The lowest BCUT2D eigenvalue weighted by molar-refractivity contribution is 0.0873. The van der Waals surface area contributed by atoms with Gasteiger partial charge in [-0.3, -0.25) is 9.69 Å². The smallest absolute Gasteiger partial charge is 0.180 e. The maximum atomic E-state index is 12.6. The highest BCUT2D eigenvalue weighted by Crippen LogP contribution is 2.26. The fourth-order valence-corrected chi connectivity index (χ4v) is 2.99. The van der Waals surface area contributed by atoms with Gasteiger partial charge >= 0.3 is 0 Å². The predicted octanol–water partition coefficient (Wildman–Crippen LogP) is 1.97. The number of benzene rings is 1. The summed E-state index contributed by atoms with van der Waals surface area (Å²) >= 11 is 0. The third-order valence-electron chi connectivity index (χ3n) is 4.58. The number of carbonyl (C=O) groups excluding carboxylic acids is 1. The summed E-state index contributed by atoms with van der Waals surface area (Å²) in [6.45, 7) is 10.5. The topological polar surface area (TPSA) is 36.0 Å². The molecule has 128 valence electrons. The molecule has 0 amide bonds. The summed E-state index contributed by atoms with van der Waals surface area (Å²) in [7, 11) is 3.75. The van der Waals surface area contributed by atoms with E-state index >= 15 is 0 Å². The van der Waals surface area contributed by atoms with Crippen LogP contribution in [0.1, 0.15) is 24.2 Å². The molecule has 0 atom stereocenters. The number of ether oxygens (including phenoxy) is 1. The Morgan fingerprint density at radius 1 is 1.17 bits per heavy atom. The van der Waals surface area contributed by atoms with Crippen LogP contribution >= 0.6 is 0 Å². The Labute approximate surface area is 139 Å². The molecular weight excluding hydrogens is 290 g/mol. The van der Waals surface area contributed by atoms with E-state index in [9.17, 15) is 4.79 Å². The van der Waals surface area contributed by atoms with Crippen molar-refractivity contribution in [1.29, 1.82) is 0 Å². The van der Waals surface area contributed by atoms with Crippen LogP contribution < -0.4 is 9.64 Å². The standard InChI is InChI=1S/C18H29N3O2/c1-5-21(6-2)15-7-8-16(18(13-15)23-4)17(22)14-20-11-9-19(3)10-12-20/h7-8,13H,5-6,9-12,14H2,1-4H3. The molecule has 0 spiro atoms. The highest BCUT2D eigenvalue weighted by Gasteiger charge is 2.20. The van der Waals surface area contributed by atoms with Crippen molar-refractivity contribution in [3.8, 4) is 5.75 Å². The van der Waals surface area contributed by atoms with Crippen LogP contribution in [-0.4, -0.2) is 75.6 Å². The number of likely N-dealkylation sites (N-methyl/N-ethyl adjacent to an activating group) is 1. The first-order valence-corrected chi connectivity index (χ1v) is 8.46. The second-order valence-corrected chi connectivity index (χ2v) is 6.06. The van der Waals surface area contributed by atoms with E-state index in [1.807, 2.05) is 18.2 Å². The Bertz CT molecular complexity index is 521. The summed E-state index contributed by atoms with van der Waals surface area (Å²) in [5.41, 5.74) is 1.78. The number of Topliss-reactive ketones (excluding diaryl/α,β-unsaturated/α-hetero) is 1. The van der Waals surface area contributed by atoms with Crippen molar-refractivity contribution >= 4 is 11.5 Å². The normalized spacial score (nSPS) is 16.3. The van der Waals surface area contributed by atoms with Crippen molar-refractivity contribution in [3.05, 3.63) is 23.8 Å². The molecule has 5 nitrogen and oxygen atoms in total. The quantitative estimate of drug-likeness (QED) is 0.718. The van der Waals surface area contributed by atoms with E-state index in [-0.39, 0.29) is 5.78 Å². The zero-order valence-corrected chi connectivity index (χ0v) is 14.8. The molecule has 1 heterocycles. The minimum Gasteiger partial charge on any atom is -0.496 e. The van der Waals surface area contributed by atoms with Crippen molar-refractivity contribution < 1.29 is 9.53 Å². The molecule has 1 aromatic rings. The van der Waals surface area contributed by atoms with Gasteiger partial charge in [-0.25, -0.2) is 0 Å². The molecule has 23 heavy (non-hydrogen) atoms. The van der Waals surface area contributed by atoms with Gasteiger partial charge in [0.1, 0.15) is 5.75 Å². The van der Waals surface area contributed by atoms with Crippen molar-refractivity contribution in [3.63, 3.8) is 0 Å². The van der Waals surface area contributed by atoms with E-state index in [0.717, 1.165) is 45.0 Å². The number of methoxy groups -OCH3 is 1. The Hall–Kier alpha value is -1.59. The monoisotopic (exact) mass is 319 g/mol. The Balaban J connectivity index is 2.10. The zero-order valence-electron chi connectivity index (χ0n) is 14.8. The molecule has 1 aliphatic rings. The summed E-state index contributed by atoms with van der Waals surface area (Å²) in [5.74, 6) is 0.811. The van der Waals surface area contributed by atoms with E-state index in [2.05, 4.69) is 35.6 Å². The van der Waals surface area contributed by atoms with E-state index in [4.69, 9.17) is 4.74 Å². The number of ketones is 1. The van der Waals surface area contributed by atoms with Crippen LogP contribution in [0.2, 0.25) is 0 Å². The van der Waals surface area contributed by atoms with Gasteiger partial charge in [-0.15, -0.1) is 0 Å². The van der Waals surface area contributed by atoms with Gasteiger partial charge in [0.2, 0.25) is 0 Å². The van der Waals surface area contributed by atoms with E-state index < -0.39 is 0 Å². The Kier molecular flexibility index (Phi) is 6.42. The number of hydrogen-bond donors (Lipinski definition) is 0. The van der Waals surface area contributed by atoms with Gasteiger partial charge in [0, 0.05) is 51.0 Å². The molecular formula is C18H29N3O2. The van der Waals surface area contributed by atoms with Crippen LogP contribution in [0, 0.1) is 0 Å². The number of anilines is 1. The Morgan fingerprint density at radius 3 is 2.39 bits per heavy atom. The Morgan fingerprint density at radius 2 is 1.83 bits per heavy atom. The summed E-state index contributed by atoms with van der Waals surface area (Å²) in [5, 5.41) is 0. The van der Waals surface area contributed by atoms with Gasteiger partial charge in [0.25, 0.3) is 0 Å². The number of nitrogens with zero attached hydrogens (tertiary/aromatic N) is 3. The number of hydrogen-bond acceptors (Lipinski definition) is 5. The summed E-state index contributed by atoms with van der Waals surface area (Å²) < 4.78 is 5.48. The molecule has 2 rings (SSSR count). The minimum atomic E-state index is 0.137. The van der Waals surface area contributed by atoms with Crippen LogP contribution in [0.25, 0.3) is 0 Å². The van der Waals surface area contributed by atoms with Gasteiger partial charge < -0.3 is 14.5 Å². The van der Waals surface area contributed by atoms with Gasteiger partial charge in [-0.2, -0.15) is 0 Å². The van der Waals surface area contributed by atoms with Crippen LogP contribution in [0.3, 0.4) is 0 Å². The molecule has 1 fully saturated rings. The van der Waals surface area contributed by atoms with Gasteiger partial charge in [-0.05, 0) is 33.0 Å². The van der Waals surface area contributed by atoms with Crippen LogP contribution in [-0.2, 0) is 0 Å². The van der Waals surface area contributed by atoms with Gasteiger partial charge in [0.05, 0.1) is 19.2 Å². The van der Waals surface area contributed by atoms with Gasteiger partial charge in [0.15, 0.2) is 5.78 Å². The molecule has 1 aromatic carbocycles. The maximum absolute atomic E-state index is 12.6. The molecule has 0 aromatic heterocycles. The SMILES string of the molecule is CCN(CC)c1ccc(C(=O)CN2CCN(C)CC2)c(OC)c1. The predicted molar refractivity (Wildman–Crippen MR) is 94.8 cm³/mol. The fourth-order valence-electron chi connectivity index (χ4n) is 2.99. The summed E-state index contributed by atoms with van der Waals surface area (Å²) in [6, 6.07) is 5.90. The molecule has 0 saturated carbocycles. The molecule has 0 radical (unpaired) electrons. The average molecular weight is 319 g/mol. The number of rotatable bonds is 7. The minimum absolute atomic E-state index is 0.137. The van der Waals surface area contributed by atoms with Crippen molar-refractivity contribution in [1.82, 2.24) is 9.80 Å². The second-order valence-electron chi connectivity index (χ2n) is 6.06. The molecule has 0 N–H and O–H groups in total. The largest absolute Gasteiger partial charge is 0.496 e. The molecule has 0 bridgehead atoms. The fraction of sp³-hybridized carbons (Fsp3) is 0.611. The third-order valence-corrected chi connectivity index (χ3v) is 4.58. The van der Waals surface area contributed by atoms with Crippen molar-refractivity contribution in [2.24, 2.45) is 0 Å². The lowest BCUT2D eigenvalue weighted by Crippen LogP contribution is -2.46. The van der Waals surface area contributed by atoms with Crippen LogP contribution in [0.4, 0.5) is 5.69 Å². The molecule has 0 aliphatic carbocycles. The van der Waals surface area contributed by atoms with Crippen LogP contribution in [0.5, 0.6) is 5.75 Å². The van der Waals surface area contributed by atoms with E-state index in [0.29, 0.717) is 17.9 Å². The molecule has 0 unspecified atom stereocenters. The lowest BCUT2D eigenvalue weighted by Gasteiger charge is -2.31. The van der Waals surface area contributed by atoms with Crippen molar-refractivity contribution in [2.75, 3.05) is 64.9 Å². The first-order valence-electron chi connectivity index (χ1n) is 8.46. The van der Waals surface area contributed by atoms with Crippen LogP contribution in [0.15, 0.2) is 18.2 Å². The molecule has 1 aliphatic heterocycles. The highest BCUT2D eigenvalue weighted by atomic mass is 16.5. The van der Waals surface area contributed by atoms with E-state index in [1.54, 1.807) is 7.11 Å². The van der Waals surface area contributed by atoms with Crippen molar-refractivity contribution in [2.45, 2.75) is 13.8 Å². The summed E-state index contributed by atoms with van der Waals surface area (Å²) in [6.07, 6.45) is 0. The average Bonchev–Trinajstić information content (AvgIpc) is 2.57. The third kappa shape index (κ3) is 4.45. The molecule has 5 heteroatoms. The number of carbonyl (C=O) groups is 1. The van der Waals surface area contributed by atoms with Gasteiger partial charge in [-0.1, -0.05) is 0 Å². The summed E-state index contributed by atoms with van der Waals surface area (Å²) in [4.78, 5) is 19.4. The zero-order chi connectivity index (χ0) is 16.8. The highest BCUT2D eigenvalue weighted by molar-refractivity contribution is 6.00. The molecule has 1 saturated heterocycles. The second kappa shape index (κ2) is 8.31. The maximum Gasteiger partial charge on any atom is 0.180 e. The van der Waals surface area contributed by atoms with E-state index in [1.165, 1.54) is 0 Å². The lowest BCUT2D eigenvalue weighted by atomic mass is 10.1. The first-order chi connectivity index (χ1) is 11.1. The number of piperazine rings is 1.